The number of nitrogens with two attached hydrogens (primary N) is 1. The predicted molar refractivity (Wildman–Crippen MR) is 71.6 cm³/mol. The van der Waals surface area contributed by atoms with Crippen molar-refractivity contribution >= 4 is 0 Å². The zero-order chi connectivity index (χ0) is 13.9. The van der Waals surface area contributed by atoms with E-state index in [4.69, 9.17) is 19.7 Å². The fraction of sp³-hybridized carbons (Fsp3) is 0.429. The van der Waals surface area contributed by atoms with Gasteiger partial charge >= 0.3 is 0 Å². The molecule has 6 nitrogen and oxygen atoms in total. The van der Waals surface area contributed by atoms with Gasteiger partial charge < -0.3 is 19.7 Å². The topological polar surface area (TPSA) is 83.4 Å². The van der Waals surface area contributed by atoms with Crippen molar-refractivity contribution in [3.05, 3.63) is 41.5 Å². The first kappa shape index (κ1) is 13.1. The van der Waals surface area contributed by atoms with E-state index in [-0.39, 0.29) is 12.0 Å². The molecule has 2 aromatic rings. The molecule has 3 rings (SSSR count). The van der Waals surface area contributed by atoms with Crippen molar-refractivity contribution in [1.82, 2.24) is 10.1 Å². The van der Waals surface area contributed by atoms with Gasteiger partial charge in [0.05, 0.1) is 18.4 Å². The molecule has 2 unspecified atom stereocenters. The Labute approximate surface area is 116 Å². The molecule has 0 saturated heterocycles. The summed E-state index contributed by atoms with van der Waals surface area (Å²) >= 11 is 0. The largest absolute Gasteiger partial charge is 0.492 e. The van der Waals surface area contributed by atoms with E-state index in [2.05, 4.69) is 10.1 Å². The number of hydrogen-bond donors (Lipinski definition) is 1. The molecule has 0 radical (unpaired) electrons. The molecule has 0 spiro atoms. The number of nitrogens with zero attached hydrogens (tertiary/aromatic N) is 2. The molecule has 6 heteroatoms. The fourth-order valence-corrected chi connectivity index (χ4v) is 2.33. The van der Waals surface area contributed by atoms with Crippen LogP contribution in [0.25, 0.3) is 0 Å². The summed E-state index contributed by atoms with van der Waals surface area (Å²) in [5, 5.41) is 4.06. The first-order chi connectivity index (χ1) is 9.81. The lowest BCUT2D eigenvalue weighted by atomic mass is 10.0. The van der Waals surface area contributed by atoms with Crippen LogP contribution in [0.4, 0.5) is 0 Å². The molecule has 20 heavy (non-hydrogen) atoms. The minimum Gasteiger partial charge on any atom is -0.492 e. The lowest BCUT2D eigenvalue weighted by Crippen LogP contribution is -2.24. The van der Waals surface area contributed by atoms with E-state index >= 15 is 0 Å². The Morgan fingerprint density at radius 1 is 1.45 bits per heavy atom. The highest BCUT2D eigenvalue weighted by molar-refractivity contribution is 5.42. The summed E-state index contributed by atoms with van der Waals surface area (Å²) in [7, 11) is 1.62. The predicted octanol–water partition coefficient (Wildman–Crippen LogP) is 1.11. The van der Waals surface area contributed by atoms with E-state index in [1.165, 1.54) is 0 Å². The summed E-state index contributed by atoms with van der Waals surface area (Å²) in [4.78, 5) is 4.43. The summed E-state index contributed by atoms with van der Waals surface area (Å²) in [5.74, 6) is 2.11. The Balaban J connectivity index is 1.78. The highest BCUT2D eigenvalue weighted by Gasteiger charge is 2.29. The van der Waals surface area contributed by atoms with Gasteiger partial charge in [0, 0.05) is 19.2 Å². The minimum atomic E-state index is -0.101. The van der Waals surface area contributed by atoms with Crippen LogP contribution in [0.3, 0.4) is 0 Å². The Morgan fingerprint density at radius 3 is 3.10 bits per heavy atom. The quantitative estimate of drug-likeness (QED) is 0.880. The average Bonchev–Trinajstić information content (AvgIpc) is 3.11. The minimum absolute atomic E-state index is 0.0302. The van der Waals surface area contributed by atoms with Crippen LogP contribution in [0.5, 0.6) is 5.75 Å². The lowest BCUT2D eigenvalue weighted by molar-refractivity contribution is 0.102. The van der Waals surface area contributed by atoms with Gasteiger partial charge in [-0.1, -0.05) is 23.4 Å². The molecule has 0 bridgehead atoms. The standard InChI is InChI=1S/C14H17N3O3/c1-18-9(7-15)6-13-16-14(17-20-13)11-8-19-12-5-3-2-4-10(11)12/h2-5,9,11H,6-8,15H2,1H3. The number of ether oxygens (including phenoxy) is 2. The molecule has 1 aliphatic heterocycles. The number of aromatic nitrogens is 2. The Morgan fingerprint density at radius 2 is 2.30 bits per heavy atom. The summed E-state index contributed by atoms with van der Waals surface area (Å²) in [6.45, 7) is 0.965. The number of hydrogen-bond acceptors (Lipinski definition) is 6. The van der Waals surface area contributed by atoms with Crippen molar-refractivity contribution in [2.45, 2.75) is 18.4 Å². The maximum atomic E-state index is 5.63. The summed E-state index contributed by atoms with van der Waals surface area (Å²) < 4.78 is 16.1. The van der Waals surface area contributed by atoms with Gasteiger partial charge in [0.1, 0.15) is 12.4 Å². The number of benzene rings is 1. The summed E-state index contributed by atoms with van der Waals surface area (Å²) in [6.07, 6.45) is 0.422. The zero-order valence-corrected chi connectivity index (χ0v) is 11.3. The van der Waals surface area contributed by atoms with E-state index < -0.39 is 0 Å². The molecule has 1 aromatic carbocycles. The third-order valence-electron chi connectivity index (χ3n) is 3.49. The van der Waals surface area contributed by atoms with Crippen molar-refractivity contribution < 1.29 is 14.0 Å². The second-order valence-electron chi connectivity index (χ2n) is 4.75. The van der Waals surface area contributed by atoms with Gasteiger partial charge in [-0.25, -0.2) is 0 Å². The van der Waals surface area contributed by atoms with Crippen molar-refractivity contribution in [2.75, 3.05) is 20.3 Å². The fourth-order valence-electron chi connectivity index (χ4n) is 2.33. The van der Waals surface area contributed by atoms with Gasteiger partial charge in [-0.3, -0.25) is 0 Å². The number of fused-ring (bicyclic) bond motifs is 1. The van der Waals surface area contributed by atoms with Crippen molar-refractivity contribution in [2.24, 2.45) is 5.73 Å². The first-order valence-electron chi connectivity index (χ1n) is 6.59. The van der Waals surface area contributed by atoms with Gasteiger partial charge in [0.15, 0.2) is 5.82 Å². The molecule has 0 aliphatic carbocycles. The van der Waals surface area contributed by atoms with Crippen molar-refractivity contribution in [3.63, 3.8) is 0 Å². The van der Waals surface area contributed by atoms with Crippen LogP contribution in [0.2, 0.25) is 0 Å². The van der Waals surface area contributed by atoms with Crippen molar-refractivity contribution in [1.29, 1.82) is 0 Å². The molecule has 0 saturated carbocycles. The molecule has 2 atom stereocenters. The molecule has 2 N–H and O–H groups in total. The normalized spacial score (nSPS) is 18.6. The van der Waals surface area contributed by atoms with Gasteiger partial charge in [0.25, 0.3) is 0 Å². The van der Waals surface area contributed by atoms with Crippen LogP contribution < -0.4 is 10.5 Å². The molecule has 0 amide bonds. The summed E-state index contributed by atoms with van der Waals surface area (Å²) in [6, 6.07) is 7.91. The maximum Gasteiger partial charge on any atom is 0.229 e. The maximum absolute atomic E-state index is 5.63. The van der Waals surface area contributed by atoms with E-state index in [0.717, 1.165) is 11.3 Å². The molecule has 1 aliphatic rings. The van der Waals surface area contributed by atoms with Crippen LogP contribution in [0.15, 0.2) is 28.8 Å². The molecule has 0 fully saturated rings. The third kappa shape index (κ3) is 2.39. The zero-order valence-electron chi connectivity index (χ0n) is 11.3. The molecule has 1 aromatic heterocycles. The second kappa shape index (κ2) is 5.60. The van der Waals surface area contributed by atoms with Crippen LogP contribution in [0, 0.1) is 0 Å². The highest BCUT2D eigenvalue weighted by Crippen LogP contribution is 2.36. The Kier molecular flexibility index (Phi) is 3.66. The Hall–Kier alpha value is -1.92. The van der Waals surface area contributed by atoms with E-state index in [1.807, 2.05) is 24.3 Å². The van der Waals surface area contributed by atoms with Gasteiger partial charge in [-0.15, -0.1) is 0 Å². The van der Waals surface area contributed by atoms with Gasteiger partial charge in [-0.05, 0) is 6.07 Å². The summed E-state index contributed by atoms with van der Waals surface area (Å²) in [5.41, 5.74) is 6.69. The number of rotatable bonds is 5. The monoisotopic (exact) mass is 275 g/mol. The van der Waals surface area contributed by atoms with Gasteiger partial charge in [-0.2, -0.15) is 4.98 Å². The molecular weight excluding hydrogens is 258 g/mol. The first-order valence-corrected chi connectivity index (χ1v) is 6.59. The molecule has 2 heterocycles. The lowest BCUT2D eigenvalue weighted by Gasteiger charge is -2.08. The van der Waals surface area contributed by atoms with Gasteiger partial charge in [0.2, 0.25) is 5.89 Å². The van der Waals surface area contributed by atoms with Crippen LogP contribution in [0.1, 0.15) is 23.2 Å². The smallest absolute Gasteiger partial charge is 0.229 e. The van der Waals surface area contributed by atoms with E-state index in [0.29, 0.717) is 31.3 Å². The van der Waals surface area contributed by atoms with Crippen LogP contribution >= 0.6 is 0 Å². The number of methoxy groups -OCH3 is 1. The van der Waals surface area contributed by atoms with E-state index in [9.17, 15) is 0 Å². The average molecular weight is 275 g/mol. The van der Waals surface area contributed by atoms with Crippen LogP contribution in [-0.4, -0.2) is 36.5 Å². The third-order valence-corrected chi connectivity index (χ3v) is 3.49. The van der Waals surface area contributed by atoms with Crippen LogP contribution in [-0.2, 0) is 11.2 Å². The highest BCUT2D eigenvalue weighted by atomic mass is 16.5. The molecule has 106 valence electrons. The molecular formula is C14H17N3O3. The van der Waals surface area contributed by atoms with Crippen molar-refractivity contribution in [3.8, 4) is 5.75 Å². The number of para-hydroxylation sites is 1. The van der Waals surface area contributed by atoms with E-state index in [1.54, 1.807) is 7.11 Å². The second-order valence-corrected chi connectivity index (χ2v) is 4.75. The Bertz CT molecular complexity index is 581. The SMILES string of the molecule is COC(CN)Cc1nc(C2COc3ccccc32)no1.